The molecule has 0 aromatic heterocycles. The standard InChI is InChI=1S/C23H31N7O8/c1-2-29-15(9-6-10-26-22(24)25)20(35)30(23(29)38)12-16(31)27-14(11-17(32)33)19(34)28-18(21(36)37)13-7-4-3-5-8-13/h3-5,7-8,14-15,18H,2,6,9-12H2,1H3,(H,27,31)(H,28,34)(H,32,33)(H,36,37)(H4,24,25,26)/t14-,15-,18-/m0/s1. The molecule has 1 aliphatic heterocycles. The number of aliphatic imine (C=N–C) groups is 1. The van der Waals surface area contributed by atoms with Crippen LogP contribution in [0.2, 0.25) is 0 Å². The van der Waals surface area contributed by atoms with Crippen molar-refractivity contribution in [3.8, 4) is 0 Å². The number of nitrogens with two attached hydrogens (primary N) is 2. The minimum absolute atomic E-state index is 0.108. The van der Waals surface area contributed by atoms with Crippen molar-refractivity contribution in [2.75, 3.05) is 19.6 Å². The molecule has 15 heteroatoms. The molecular formula is C23H31N7O8. The average Bonchev–Trinajstić information content (AvgIpc) is 3.07. The Bertz CT molecular complexity index is 1090. The second kappa shape index (κ2) is 13.6. The number of carbonyl (C=O) groups is 6. The van der Waals surface area contributed by atoms with Crippen molar-refractivity contribution in [3.05, 3.63) is 35.9 Å². The molecule has 1 aliphatic rings. The van der Waals surface area contributed by atoms with Gasteiger partial charge in [0.15, 0.2) is 12.0 Å². The number of nitrogens with zero attached hydrogens (tertiary/aromatic N) is 3. The van der Waals surface area contributed by atoms with Crippen molar-refractivity contribution >= 4 is 41.7 Å². The molecule has 5 amide bonds. The van der Waals surface area contributed by atoms with Crippen LogP contribution in [0.3, 0.4) is 0 Å². The molecule has 1 saturated heterocycles. The third-order valence-corrected chi connectivity index (χ3v) is 5.67. The van der Waals surface area contributed by atoms with Crippen LogP contribution in [0.15, 0.2) is 35.3 Å². The monoisotopic (exact) mass is 533 g/mol. The first-order chi connectivity index (χ1) is 18.0. The summed E-state index contributed by atoms with van der Waals surface area (Å²) in [5.41, 5.74) is 10.8. The van der Waals surface area contributed by atoms with Crippen molar-refractivity contribution in [3.63, 3.8) is 0 Å². The van der Waals surface area contributed by atoms with Crippen molar-refractivity contribution in [2.24, 2.45) is 16.5 Å². The van der Waals surface area contributed by atoms with E-state index in [0.29, 0.717) is 11.3 Å². The molecule has 0 saturated carbocycles. The molecule has 206 valence electrons. The molecule has 1 aromatic rings. The number of imide groups is 1. The smallest absolute Gasteiger partial charge is 0.330 e. The Morgan fingerprint density at radius 1 is 1.08 bits per heavy atom. The number of benzene rings is 1. The topological polar surface area (TPSA) is 238 Å². The fourth-order valence-electron chi connectivity index (χ4n) is 3.91. The van der Waals surface area contributed by atoms with Gasteiger partial charge in [-0.2, -0.15) is 0 Å². The van der Waals surface area contributed by atoms with Crippen LogP contribution < -0.4 is 22.1 Å². The zero-order chi connectivity index (χ0) is 28.4. The van der Waals surface area contributed by atoms with E-state index in [-0.39, 0.29) is 31.0 Å². The summed E-state index contributed by atoms with van der Waals surface area (Å²) in [5.74, 6) is -5.62. The molecule has 0 bridgehead atoms. The van der Waals surface area contributed by atoms with Gasteiger partial charge in [0.2, 0.25) is 11.8 Å². The summed E-state index contributed by atoms with van der Waals surface area (Å²) >= 11 is 0. The van der Waals surface area contributed by atoms with Gasteiger partial charge in [-0.05, 0) is 25.3 Å². The lowest BCUT2D eigenvalue weighted by Gasteiger charge is -2.22. The number of guanidine groups is 1. The van der Waals surface area contributed by atoms with Gasteiger partial charge in [-0.25, -0.2) is 9.59 Å². The Hall–Kier alpha value is -4.69. The summed E-state index contributed by atoms with van der Waals surface area (Å²) in [6.07, 6.45) is -0.229. The fraction of sp³-hybridized carbons (Fsp3) is 0.435. The first-order valence-electron chi connectivity index (χ1n) is 11.7. The van der Waals surface area contributed by atoms with E-state index >= 15 is 0 Å². The predicted molar refractivity (Wildman–Crippen MR) is 132 cm³/mol. The highest BCUT2D eigenvalue weighted by Crippen LogP contribution is 2.21. The molecule has 8 N–H and O–H groups in total. The van der Waals surface area contributed by atoms with Gasteiger partial charge in [-0.1, -0.05) is 30.3 Å². The molecule has 0 radical (unpaired) electrons. The Morgan fingerprint density at radius 3 is 2.29 bits per heavy atom. The number of aliphatic carboxylic acids is 2. The lowest BCUT2D eigenvalue weighted by molar-refractivity contribution is -0.143. The highest BCUT2D eigenvalue weighted by Gasteiger charge is 2.44. The minimum atomic E-state index is -1.67. The van der Waals surface area contributed by atoms with Crippen LogP contribution in [0.1, 0.15) is 37.8 Å². The van der Waals surface area contributed by atoms with Gasteiger partial charge in [-0.3, -0.25) is 29.1 Å². The summed E-state index contributed by atoms with van der Waals surface area (Å²) in [5, 5.41) is 23.1. The molecule has 2 rings (SSSR count). The number of carboxylic acid groups (broad SMARTS) is 2. The maximum atomic E-state index is 12.9. The van der Waals surface area contributed by atoms with E-state index < -0.39 is 66.8 Å². The van der Waals surface area contributed by atoms with Crippen molar-refractivity contribution in [1.82, 2.24) is 20.4 Å². The highest BCUT2D eigenvalue weighted by molar-refractivity contribution is 6.06. The second-order valence-corrected chi connectivity index (χ2v) is 8.37. The van der Waals surface area contributed by atoms with E-state index in [1.807, 2.05) is 0 Å². The molecule has 3 atom stereocenters. The van der Waals surface area contributed by atoms with Crippen LogP contribution >= 0.6 is 0 Å². The number of urea groups is 1. The van der Waals surface area contributed by atoms with Gasteiger partial charge >= 0.3 is 18.0 Å². The Balaban J connectivity index is 2.10. The SMILES string of the molecule is CCN1C(=O)N(CC(=O)N[C@@H](CC(=O)O)C(=O)N[C@H](C(=O)O)c2ccccc2)C(=O)[C@@H]1CCCN=C(N)N. The Kier molecular flexibility index (Phi) is 10.6. The van der Waals surface area contributed by atoms with Gasteiger partial charge in [0.25, 0.3) is 5.91 Å². The zero-order valence-electron chi connectivity index (χ0n) is 20.7. The maximum absolute atomic E-state index is 12.9. The Morgan fingerprint density at radius 2 is 1.74 bits per heavy atom. The summed E-state index contributed by atoms with van der Waals surface area (Å²) in [6.45, 7) is 1.33. The fourth-order valence-corrected chi connectivity index (χ4v) is 3.91. The highest BCUT2D eigenvalue weighted by atomic mass is 16.4. The van der Waals surface area contributed by atoms with E-state index in [1.165, 1.54) is 17.0 Å². The number of carboxylic acids is 2. The van der Waals surface area contributed by atoms with Gasteiger partial charge in [0.1, 0.15) is 18.6 Å². The van der Waals surface area contributed by atoms with E-state index in [0.717, 1.165) is 0 Å². The Labute approximate surface area is 217 Å². The molecule has 15 nitrogen and oxygen atoms in total. The molecule has 1 aromatic carbocycles. The van der Waals surface area contributed by atoms with Crippen LogP contribution in [0.5, 0.6) is 0 Å². The van der Waals surface area contributed by atoms with Gasteiger partial charge < -0.3 is 37.2 Å². The predicted octanol–water partition coefficient (Wildman–Crippen LogP) is -1.41. The number of rotatable bonds is 14. The third-order valence-electron chi connectivity index (χ3n) is 5.67. The largest absolute Gasteiger partial charge is 0.481 e. The number of nitrogens with one attached hydrogen (secondary N) is 2. The molecular weight excluding hydrogens is 502 g/mol. The third kappa shape index (κ3) is 7.91. The zero-order valence-corrected chi connectivity index (χ0v) is 20.7. The second-order valence-electron chi connectivity index (χ2n) is 8.37. The van der Waals surface area contributed by atoms with Crippen LogP contribution in [0.25, 0.3) is 0 Å². The van der Waals surface area contributed by atoms with Gasteiger partial charge in [-0.15, -0.1) is 0 Å². The molecule has 1 heterocycles. The molecule has 0 unspecified atom stereocenters. The van der Waals surface area contributed by atoms with Crippen LogP contribution in [-0.2, 0) is 24.0 Å². The van der Waals surface area contributed by atoms with Crippen molar-refractivity contribution in [2.45, 2.75) is 44.3 Å². The summed E-state index contributed by atoms with van der Waals surface area (Å²) in [7, 11) is 0. The molecule has 38 heavy (non-hydrogen) atoms. The molecule has 0 spiro atoms. The van der Waals surface area contributed by atoms with Crippen LogP contribution in [-0.4, -0.2) is 93.4 Å². The minimum Gasteiger partial charge on any atom is -0.481 e. The number of hydrogen-bond acceptors (Lipinski definition) is 7. The van der Waals surface area contributed by atoms with E-state index in [9.17, 15) is 39.0 Å². The van der Waals surface area contributed by atoms with Crippen molar-refractivity contribution in [1.29, 1.82) is 0 Å². The lowest BCUT2D eigenvalue weighted by atomic mass is 10.1. The number of amides is 5. The number of hydrogen-bond donors (Lipinski definition) is 6. The molecule has 1 fully saturated rings. The van der Waals surface area contributed by atoms with Crippen LogP contribution in [0.4, 0.5) is 4.79 Å². The average molecular weight is 534 g/mol. The van der Waals surface area contributed by atoms with E-state index in [2.05, 4.69) is 15.6 Å². The van der Waals surface area contributed by atoms with E-state index in [1.54, 1.807) is 25.1 Å². The van der Waals surface area contributed by atoms with E-state index in [4.69, 9.17) is 11.5 Å². The summed E-state index contributed by atoms with van der Waals surface area (Å²) in [4.78, 5) is 80.0. The number of likely N-dealkylation sites (N-methyl/N-ethyl adjacent to an activating group) is 1. The first kappa shape index (κ1) is 29.5. The molecule has 0 aliphatic carbocycles. The van der Waals surface area contributed by atoms with Gasteiger partial charge in [0.05, 0.1) is 6.42 Å². The van der Waals surface area contributed by atoms with Crippen molar-refractivity contribution < 1.29 is 39.0 Å². The summed E-state index contributed by atoms with van der Waals surface area (Å²) < 4.78 is 0. The maximum Gasteiger partial charge on any atom is 0.330 e. The normalized spacial score (nSPS) is 16.5. The summed E-state index contributed by atoms with van der Waals surface area (Å²) in [6, 6.07) is 2.96. The van der Waals surface area contributed by atoms with Gasteiger partial charge in [0, 0.05) is 13.1 Å². The lowest BCUT2D eigenvalue weighted by Crippen LogP contribution is -2.52. The first-order valence-corrected chi connectivity index (χ1v) is 11.7. The number of carbonyl (C=O) groups excluding carboxylic acids is 4. The van der Waals surface area contributed by atoms with Crippen LogP contribution in [0, 0.1) is 0 Å². The quantitative estimate of drug-likeness (QED) is 0.0707.